The van der Waals surface area contributed by atoms with Gasteiger partial charge in [-0.25, -0.2) is 0 Å². The molecular weight excluding hydrogens is 322 g/mol. The molecule has 5 nitrogen and oxygen atoms in total. The molecule has 1 fully saturated rings. The lowest BCUT2D eigenvalue weighted by Gasteiger charge is -2.06. The molecule has 1 aliphatic carbocycles. The first-order chi connectivity index (χ1) is 11.6. The van der Waals surface area contributed by atoms with Crippen LogP contribution in [0.3, 0.4) is 0 Å². The van der Waals surface area contributed by atoms with Crippen molar-refractivity contribution in [3.05, 3.63) is 52.0 Å². The lowest BCUT2D eigenvalue weighted by atomic mass is 10.2. The normalized spacial score (nSPS) is 18.9. The maximum atomic E-state index is 12.1. The van der Waals surface area contributed by atoms with E-state index in [2.05, 4.69) is 34.7 Å². The van der Waals surface area contributed by atoms with Crippen LogP contribution in [0.2, 0.25) is 0 Å². The highest BCUT2D eigenvalue weighted by atomic mass is 32.1. The highest BCUT2D eigenvalue weighted by Gasteiger charge is 2.44. The molecule has 0 radical (unpaired) electrons. The molecule has 0 aliphatic heterocycles. The molecule has 2 aromatic rings. The molecule has 0 bridgehead atoms. The number of nitrogens with zero attached hydrogens (tertiary/aromatic N) is 1. The minimum Gasteiger partial charge on any atom is -0.355 e. The van der Waals surface area contributed by atoms with Crippen molar-refractivity contribution in [3.8, 4) is 0 Å². The van der Waals surface area contributed by atoms with Crippen LogP contribution < -0.4 is 10.6 Å². The predicted octanol–water partition coefficient (Wildman–Crippen LogP) is 2.38. The lowest BCUT2D eigenvalue weighted by Crippen LogP contribution is -2.31. The van der Waals surface area contributed by atoms with Crippen molar-refractivity contribution in [2.24, 2.45) is 5.92 Å². The molecule has 2 atom stereocenters. The van der Waals surface area contributed by atoms with Crippen LogP contribution in [0.25, 0.3) is 0 Å². The zero-order valence-electron chi connectivity index (χ0n) is 13.6. The highest BCUT2D eigenvalue weighted by Crippen LogP contribution is 2.49. The molecule has 2 aromatic heterocycles. The fourth-order valence-corrected chi connectivity index (χ4v) is 3.73. The number of nitrogens with one attached hydrogen (secondary N) is 2. The van der Waals surface area contributed by atoms with Crippen LogP contribution in [-0.4, -0.2) is 23.3 Å². The Bertz CT molecular complexity index is 714. The third-order valence-corrected chi connectivity index (χ3v) is 5.25. The van der Waals surface area contributed by atoms with Gasteiger partial charge in [-0.1, -0.05) is 6.07 Å². The zero-order chi connectivity index (χ0) is 16.9. The van der Waals surface area contributed by atoms with Gasteiger partial charge in [0.1, 0.15) is 0 Å². The van der Waals surface area contributed by atoms with E-state index >= 15 is 0 Å². The molecule has 2 N–H and O–H groups in total. The Hall–Kier alpha value is -2.21. The van der Waals surface area contributed by atoms with Gasteiger partial charge < -0.3 is 10.6 Å². The van der Waals surface area contributed by atoms with Crippen LogP contribution in [0.15, 0.2) is 36.7 Å². The third-order valence-electron chi connectivity index (χ3n) is 4.12. The van der Waals surface area contributed by atoms with Crippen LogP contribution >= 0.6 is 11.3 Å². The van der Waals surface area contributed by atoms with Gasteiger partial charge in [-0.15, -0.1) is 11.3 Å². The van der Waals surface area contributed by atoms with Crippen molar-refractivity contribution < 1.29 is 9.59 Å². The molecule has 6 heteroatoms. The Morgan fingerprint density at radius 1 is 1.29 bits per heavy atom. The smallest absolute Gasteiger partial charge is 0.223 e. The van der Waals surface area contributed by atoms with Crippen molar-refractivity contribution in [3.63, 3.8) is 0 Å². The van der Waals surface area contributed by atoms with Gasteiger partial charge >= 0.3 is 0 Å². The summed E-state index contributed by atoms with van der Waals surface area (Å²) in [5, 5.41) is 5.70. The van der Waals surface area contributed by atoms with Gasteiger partial charge in [-0.05, 0) is 37.1 Å². The summed E-state index contributed by atoms with van der Waals surface area (Å²) in [4.78, 5) is 30.5. The van der Waals surface area contributed by atoms with Gasteiger partial charge in [-0.2, -0.15) is 0 Å². The number of pyridine rings is 1. The molecule has 0 saturated heterocycles. The summed E-state index contributed by atoms with van der Waals surface area (Å²) in [7, 11) is 0. The van der Waals surface area contributed by atoms with E-state index in [0.29, 0.717) is 25.4 Å². The number of hydrogen-bond donors (Lipinski definition) is 2. The molecule has 2 heterocycles. The minimum absolute atomic E-state index is 0.0612. The monoisotopic (exact) mass is 343 g/mol. The summed E-state index contributed by atoms with van der Waals surface area (Å²) in [6.45, 7) is 2.92. The Balaban J connectivity index is 1.33. The summed E-state index contributed by atoms with van der Waals surface area (Å²) in [5.74, 6) is 0.427. The third kappa shape index (κ3) is 4.41. The topological polar surface area (TPSA) is 71.1 Å². The molecule has 3 rings (SSSR count). The first-order valence-corrected chi connectivity index (χ1v) is 8.95. The van der Waals surface area contributed by atoms with Gasteiger partial charge in [0.2, 0.25) is 11.8 Å². The summed E-state index contributed by atoms with van der Waals surface area (Å²) in [6, 6.07) is 7.96. The minimum atomic E-state index is -0.0691. The van der Waals surface area contributed by atoms with E-state index in [9.17, 15) is 9.59 Å². The van der Waals surface area contributed by atoms with Crippen LogP contribution in [0.4, 0.5) is 0 Å². The molecule has 0 aromatic carbocycles. The summed E-state index contributed by atoms with van der Waals surface area (Å²) in [5.41, 5.74) is 0.960. The van der Waals surface area contributed by atoms with E-state index in [0.717, 1.165) is 12.0 Å². The van der Waals surface area contributed by atoms with Crippen LogP contribution in [-0.2, 0) is 16.1 Å². The number of carbonyl (C=O) groups excluding carboxylic acids is 2. The van der Waals surface area contributed by atoms with Crippen molar-refractivity contribution in [2.75, 3.05) is 6.54 Å². The Kier molecular flexibility index (Phi) is 5.25. The summed E-state index contributed by atoms with van der Waals surface area (Å²) >= 11 is 1.76. The van der Waals surface area contributed by atoms with E-state index < -0.39 is 0 Å². The molecule has 0 unspecified atom stereocenters. The number of thiophene rings is 1. The van der Waals surface area contributed by atoms with E-state index in [-0.39, 0.29) is 17.7 Å². The second-order valence-corrected chi connectivity index (χ2v) is 7.40. The van der Waals surface area contributed by atoms with Crippen molar-refractivity contribution in [1.29, 1.82) is 0 Å². The van der Waals surface area contributed by atoms with E-state index in [1.165, 1.54) is 9.75 Å². The molecule has 1 saturated carbocycles. The van der Waals surface area contributed by atoms with Crippen LogP contribution in [0, 0.1) is 12.8 Å². The number of rotatable bonds is 7. The van der Waals surface area contributed by atoms with Gasteiger partial charge in [0.15, 0.2) is 0 Å². The predicted molar refractivity (Wildman–Crippen MR) is 93.6 cm³/mol. The molecular formula is C18H21N3O2S. The average molecular weight is 343 g/mol. The van der Waals surface area contributed by atoms with Gasteiger partial charge in [0, 0.05) is 53.5 Å². The molecule has 2 amide bonds. The molecule has 24 heavy (non-hydrogen) atoms. The quantitative estimate of drug-likeness (QED) is 0.811. The second kappa shape index (κ2) is 7.57. The maximum Gasteiger partial charge on any atom is 0.223 e. The van der Waals surface area contributed by atoms with Gasteiger partial charge in [0.05, 0.1) is 0 Å². The van der Waals surface area contributed by atoms with Crippen LogP contribution in [0.1, 0.15) is 34.1 Å². The standard InChI is InChI=1S/C18H21N3O2S/c1-12-4-5-16(24-12)14-9-15(14)18(23)20-8-6-17(22)21-11-13-3-2-7-19-10-13/h2-5,7,10,14-15H,6,8-9,11H2,1H3,(H,20,23)(H,21,22)/t14-,15-/m1/s1. The van der Waals surface area contributed by atoms with E-state index in [1.54, 1.807) is 23.7 Å². The molecule has 0 spiro atoms. The fourth-order valence-electron chi connectivity index (χ4n) is 2.67. The number of hydrogen-bond acceptors (Lipinski definition) is 4. The van der Waals surface area contributed by atoms with Crippen molar-refractivity contribution in [1.82, 2.24) is 15.6 Å². The van der Waals surface area contributed by atoms with Gasteiger partial charge in [0.25, 0.3) is 0 Å². The molecule has 1 aliphatic rings. The summed E-state index contributed by atoms with van der Waals surface area (Å²) < 4.78 is 0. The number of aryl methyl sites for hydroxylation is 1. The van der Waals surface area contributed by atoms with Crippen molar-refractivity contribution in [2.45, 2.75) is 32.2 Å². The Labute approximate surface area is 145 Å². The van der Waals surface area contributed by atoms with Crippen molar-refractivity contribution >= 4 is 23.2 Å². The lowest BCUT2D eigenvalue weighted by molar-refractivity contribution is -0.123. The van der Waals surface area contributed by atoms with Gasteiger partial charge in [-0.3, -0.25) is 14.6 Å². The van der Waals surface area contributed by atoms with Crippen LogP contribution in [0.5, 0.6) is 0 Å². The fraction of sp³-hybridized carbons (Fsp3) is 0.389. The zero-order valence-corrected chi connectivity index (χ0v) is 14.4. The first-order valence-electron chi connectivity index (χ1n) is 8.13. The highest BCUT2D eigenvalue weighted by molar-refractivity contribution is 7.12. The molecule has 126 valence electrons. The SMILES string of the molecule is Cc1ccc([C@@H]2C[C@H]2C(=O)NCCC(=O)NCc2cccnc2)s1. The van der Waals surface area contributed by atoms with E-state index in [1.807, 2.05) is 12.1 Å². The maximum absolute atomic E-state index is 12.1. The van der Waals surface area contributed by atoms with E-state index in [4.69, 9.17) is 0 Å². The average Bonchev–Trinajstić information content (AvgIpc) is 3.28. The summed E-state index contributed by atoms with van der Waals surface area (Å²) in [6.07, 6.45) is 4.63. The number of carbonyl (C=O) groups is 2. The second-order valence-electron chi connectivity index (χ2n) is 6.08. The Morgan fingerprint density at radius 3 is 2.88 bits per heavy atom. The first kappa shape index (κ1) is 16.6. The largest absolute Gasteiger partial charge is 0.355 e. The Morgan fingerprint density at radius 2 is 2.17 bits per heavy atom. The number of aromatic nitrogens is 1. The number of amides is 2.